The van der Waals surface area contributed by atoms with Gasteiger partial charge in [-0.2, -0.15) is 5.10 Å². The van der Waals surface area contributed by atoms with Crippen LogP contribution in [0, 0.1) is 10.1 Å². The number of carbonyl (C=O) groups is 1. The van der Waals surface area contributed by atoms with Crippen LogP contribution >= 0.6 is 0 Å². The number of phenolic OH excluding ortho intramolecular Hbond substituents is 1. The predicted molar refractivity (Wildman–Crippen MR) is 62.7 cm³/mol. The molecule has 0 aliphatic heterocycles. The van der Waals surface area contributed by atoms with Gasteiger partial charge in [-0.05, 0) is 6.07 Å². The third kappa shape index (κ3) is 3.17. The van der Waals surface area contributed by atoms with Crippen LogP contribution < -0.4 is 10.2 Å². The summed E-state index contributed by atoms with van der Waals surface area (Å²) < 4.78 is 4.80. The zero-order chi connectivity index (χ0) is 13.7. The first-order valence-electron chi connectivity index (χ1n) is 4.80. The van der Waals surface area contributed by atoms with Gasteiger partial charge in [0.15, 0.2) is 5.75 Å². The van der Waals surface area contributed by atoms with Gasteiger partial charge in [0.2, 0.25) is 11.7 Å². The molecule has 0 atom stereocenters. The van der Waals surface area contributed by atoms with Crippen molar-refractivity contribution >= 4 is 17.8 Å². The molecule has 1 rings (SSSR count). The largest absolute Gasteiger partial charge is 0.500 e. The summed E-state index contributed by atoms with van der Waals surface area (Å²) in [4.78, 5) is 20.5. The van der Waals surface area contributed by atoms with Gasteiger partial charge in [-0.15, -0.1) is 0 Å². The number of phenols is 1. The molecule has 0 aliphatic rings. The Kier molecular flexibility index (Phi) is 4.19. The molecular formula is C10H11N3O5. The Bertz CT molecular complexity index is 512. The van der Waals surface area contributed by atoms with E-state index in [0.29, 0.717) is 5.56 Å². The minimum absolute atomic E-state index is 0.0477. The maximum absolute atomic E-state index is 10.7. The van der Waals surface area contributed by atoms with Crippen molar-refractivity contribution in [1.82, 2.24) is 5.43 Å². The molecule has 8 heteroatoms. The van der Waals surface area contributed by atoms with Crippen LogP contribution in [0.1, 0.15) is 12.5 Å². The number of nitrogens with zero attached hydrogens (tertiary/aromatic N) is 2. The highest BCUT2D eigenvalue weighted by molar-refractivity contribution is 5.84. The van der Waals surface area contributed by atoms with Crippen LogP contribution in [-0.4, -0.2) is 29.3 Å². The van der Waals surface area contributed by atoms with Gasteiger partial charge in [0.25, 0.3) is 0 Å². The normalized spacial score (nSPS) is 10.3. The van der Waals surface area contributed by atoms with E-state index in [1.807, 2.05) is 0 Å². The molecule has 0 radical (unpaired) electrons. The molecule has 2 N–H and O–H groups in total. The van der Waals surface area contributed by atoms with Crippen molar-refractivity contribution in [1.29, 1.82) is 0 Å². The molecule has 0 spiro atoms. The summed E-state index contributed by atoms with van der Waals surface area (Å²) >= 11 is 0. The number of nitrogens with one attached hydrogen (secondary N) is 1. The maximum atomic E-state index is 10.7. The van der Waals surface area contributed by atoms with Crippen LogP contribution in [0.15, 0.2) is 17.2 Å². The van der Waals surface area contributed by atoms with Gasteiger partial charge in [-0.1, -0.05) is 0 Å². The fourth-order valence-corrected chi connectivity index (χ4v) is 1.18. The maximum Gasteiger partial charge on any atom is 0.315 e. The highest BCUT2D eigenvalue weighted by Crippen LogP contribution is 2.36. The third-order valence-corrected chi connectivity index (χ3v) is 1.93. The number of amides is 1. The van der Waals surface area contributed by atoms with Crippen molar-refractivity contribution in [2.45, 2.75) is 6.92 Å². The second kappa shape index (κ2) is 5.62. The van der Waals surface area contributed by atoms with E-state index in [0.717, 1.165) is 6.07 Å². The van der Waals surface area contributed by atoms with E-state index in [1.54, 1.807) is 0 Å². The Morgan fingerprint density at radius 2 is 2.28 bits per heavy atom. The number of hydrazone groups is 1. The van der Waals surface area contributed by atoms with E-state index in [9.17, 15) is 20.0 Å². The van der Waals surface area contributed by atoms with E-state index in [-0.39, 0.29) is 11.7 Å². The van der Waals surface area contributed by atoms with Crippen LogP contribution in [0.5, 0.6) is 11.5 Å². The monoisotopic (exact) mass is 253 g/mol. The molecule has 1 aromatic rings. The summed E-state index contributed by atoms with van der Waals surface area (Å²) in [7, 11) is 1.27. The number of rotatable bonds is 4. The highest BCUT2D eigenvalue weighted by atomic mass is 16.6. The molecule has 0 bridgehead atoms. The van der Waals surface area contributed by atoms with E-state index >= 15 is 0 Å². The quantitative estimate of drug-likeness (QED) is 0.467. The molecule has 0 aromatic heterocycles. The molecule has 1 aromatic carbocycles. The Balaban J connectivity index is 3.13. The summed E-state index contributed by atoms with van der Waals surface area (Å²) in [6.45, 7) is 1.27. The SMILES string of the molecule is COc1cc(C=NNC(C)=O)cc([N+](=O)[O-])c1O. The highest BCUT2D eigenvalue weighted by Gasteiger charge is 2.19. The van der Waals surface area contributed by atoms with Crippen molar-refractivity contribution in [3.05, 3.63) is 27.8 Å². The van der Waals surface area contributed by atoms with Gasteiger partial charge in [-0.3, -0.25) is 14.9 Å². The van der Waals surface area contributed by atoms with E-state index in [4.69, 9.17) is 4.74 Å². The number of ether oxygens (including phenoxy) is 1. The van der Waals surface area contributed by atoms with Crippen molar-refractivity contribution in [2.24, 2.45) is 5.10 Å². The number of nitro benzene ring substituents is 1. The van der Waals surface area contributed by atoms with E-state index in [2.05, 4.69) is 10.5 Å². The Hall–Kier alpha value is -2.64. The summed E-state index contributed by atoms with van der Waals surface area (Å²) in [5, 5.41) is 23.8. The first kappa shape index (κ1) is 13.4. The zero-order valence-electron chi connectivity index (χ0n) is 9.71. The van der Waals surface area contributed by atoms with Crippen molar-refractivity contribution in [3.8, 4) is 11.5 Å². The Labute approximate surface area is 102 Å². The molecule has 8 nitrogen and oxygen atoms in total. The van der Waals surface area contributed by atoms with Gasteiger partial charge in [0.1, 0.15) is 0 Å². The molecule has 1 amide bonds. The van der Waals surface area contributed by atoms with Crippen molar-refractivity contribution in [3.63, 3.8) is 0 Å². The first-order chi connectivity index (χ1) is 8.45. The van der Waals surface area contributed by atoms with Crippen LogP contribution in [0.2, 0.25) is 0 Å². The number of hydrogen-bond donors (Lipinski definition) is 2. The molecule has 0 heterocycles. The van der Waals surface area contributed by atoms with Gasteiger partial charge in [0.05, 0.1) is 18.2 Å². The minimum Gasteiger partial charge on any atom is -0.500 e. The molecule has 0 saturated heterocycles. The van der Waals surface area contributed by atoms with Crippen molar-refractivity contribution in [2.75, 3.05) is 7.11 Å². The summed E-state index contributed by atoms with van der Waals surface area (Å²) in [6, 6.07) is 2.47. The molecule has 96 valence electrons. The summed E-state index contributed by atoms with van der Waals surface area (Å²) in [6.07, 6.45) is 1.20. The number of aromatic hydroxyl groups is 1. The lowest BCUT2D eigenvalue weighted by molar-refractivity contribution is -0.386. The third-order valence-electron chi connectivity index (χ3n) is 1.93. The van der Waals surface area contributed by atoms with Crippen LogP contribution in [0.25, 0.3) is 0 Å². The number of benzene rings is 1. The number of hydrogen-bond acceptors (Lipinski definition) is 6. The van der Waals surface area contributed by atoms with E-state index < -0.39 is 16.4 Å². The second-order valence-electron chi connectivity index (χ2n) is 3.27. The molecular weight excluding hydrogens is 242 g/mol. The van der Waals surface area contributed by atoms with Gasteiger partial charge >= 0.3 is 5.69 Å². The molecule has 0 fully saturated rings. The van der Waals surface area contributed by atoms with Gasteiger partial charge in [-0.25, -0.2) is 5.43 Å². The molecule has 0 saturated carbocycles. The fraction of sp³-hybridized carbons (Fsp3) is 0.200. The lowest BCUT2D eigenvalue weighted by Gasteiger charge is -2.04. The topological polar surface area (TPSA) is 114 Å². The standard InChI is InChI=1S/C10H11N3O5/c1-6(14)12-11-5-7-3-8(13(16)17)10(15)9(4-7)18-2/h3-5,15H,1-2H3,(H,12,14). The average Bonchev–Trinajstić information content (AvgIpc) is 2.30. The first-order valence-corrected chi connectivity index (χ1v) is 4.80. The van der Waals surface area contributed by atoms with Gasteiger partial charge in [0, 0.05) is 18.6 Å². The Morgan fingerprint density at radius 3 is 2.78 bits per heavy atom. The fourth-order valence-electron chi connectivity index (χ4n) is 1.18. The minimum atomic E-state index is -0.742. The Morgan fingerprint density at radius 1 is 1.61 bits per heavy atom. The van der Waals surface area contributed by atoms with Crippen molar-refractivity contribution < 1.29 is 19.6 Å². The molecule has 0 aliphatic carbocycles. The van der Waals surface area contributed by atoms with Crippen LogP contribution in [0.3, 0.4) is 0 Å². The molecule has 0 unspecified atom stereocenters. The lowest BCUT2D eigenvalue weighted by Crippen LogP contribution is -2.12. The number of carbonyl (C=O) groups excluding carboxylic acids is 1. The number of nitro groups is 1. The van der Waals surface area contributed by atoms with Crippen LogP contribution in [-0.2, 0) is 4.79 Å². The lowest BCUT2D eigenvalue weighted by atomic mass is 10.2. The second-order valence-corrected chi connectivity index (χ2v) is 3.27. The smallest absolute Gasteiger partial charge is 0.315 e. The van der Waals surface area contributed by atoms with Gasteiger partial charge < -0.3 is 9.84 Å². The summed E-state index contributed by atoms with van der Waals surface area (Å²) in [5.74, 6) is -0.973. The van der Waals surface area contributed by atoms with Crippen LogP contribution in [0.4, 0.5) is 5.69 Å². The van der Waals surface area contributed by atoms with E-state index in [1.165, 1.54) is 26.3 Å². The number of methoxy groups -OCH3 is 1. The predicted octanol–water partition coefficient (Wildman–Crippen LogP) is 0.779. The zero-order valence-corrected chi connectivity index (χ0v) is 9.71. The molecule has 18 heavy (non-hydrogen) atoms. The summed E-state index contributed by atoms with van der Waals surface area (Å²) in [5.41, 5.74) is 1.96. The average molecular weight is 253 g/mol.